The summed E-state index contributed by atoms with van der Waals surface area (Å²) in [5.41, 5.74) is -1.86. The number of carbonyl (C=O) groups is 4. The smallest absolute Gasteiger partial charge is 0.329 e. The van der Waals surface area contributed by atoms with E-state index in [2.05, 4.69) is 16.0 Å². The minimum atomic E-state index is -1.28. The summed E-state index contributed by atoms with van der Waals surface area (Å²) in [6, 6.07) is 5.71. The fourth-order valence-electron chi connectivity index (χ4n) is 3.73. The zero-order valence-electron chi connectivity index (χ0n) is 15.1. The van der Waals surface area contributed by atoms with Crippen LogP contribution in [0.3, 0.4) is 0 Å². The van der Waals surface area contributed by atoms with Gasteiger partial charge in [-0.3, -0.25) is 14.9 Å². The third-order valence-corrected chi connectivity index (χ3v) is 5.47. The number of benzene rings is 1. The first-order valence-electron chi connectivity index (χ1n) is 9.07. The standard InChI is InChI=1S/C19H23N3O5/c1-18(15(24)20-17(27)22-18)13-8-6-7-12(11-13)14(23)21-19(16(25)26)9-4-2-3-5-10-19/h6-8,11H,2-5,9-10H2,1H3,(H,21,23)(H,25,26)(H2,20,22,24,27). The highest BCUT2D eigenvalue weighted by Gasteiger charge is 2.44. The van der Waals surface area contributed by atoms with Gasteiger partial charge in [0, 0.05) is 5.56 Å². The van der Waals surface area contributed by atoms with Crippen LogP contribution in [0.4, 0.5) is 4.79 Å². The van der Waals surface area contributed by atoms with Gasteiger partial charge in [-0.05, 0) is 37.5 Å². The SMILES string of the molecule is CC1(c2cccc(C(=O)NC3(C(=O)O)CCCCCC3)c2)NC(=O)NC1=O. The normalized spacial score (nSPS) is 24.5. The highest BCUT2D eigenvalue weighted by atomic mass is 16.4. The fourth-order valence-corrected chi connectivity index (χ4v) is 3.73. The Kier molecular flexibility index (Phi) is 4.91. The molecule has 0 bridgehead atoms. The van der Waals surface area contributed by atoms with Crippen molar-refractivity contribution in [1.82, 2.24) is 16.0 Å². The molecule has 1 saturated heterocycles. The molecule has 1 aromatic carbocycles. The van der Waals surface area contributed by atoms with Crippen LogP contribution in [0.2, 0.25) is 0 Å². The maximum atomic E-state index is 12.8. The molecular formula is C19H23N3O5. The number of carboxylic acids is 1. The first-order chi connectivity index (χ1) is 12.8. The highest BCUT2D eigenvalue weighted by molar-refractivity contribution is 6.07. The zero-order chi connectivity index (χ0) is 19.7. The molecule has 2 fully saturated rings. The number of hydrogen-bond acceptors (Lipinski definition) is 4. The van der Waals surface area contributed by atoms with Gasteiger partial charge in [-0.25, -0.2) is 9.59 Å². The molecule has 8 heteroatoms. The van der Waals surface area contributed by atoms with Crippen molar-refractivity contribution in [2.24, 2.45) is 0 Å². The maximum Gasteiger partial charge on any atom is 0.329 e. The number of rotatable bonds is 4. The molecule has 8 nitrogen and oxygen atoms in total. The largest absolute Gasteiger partial charge is 0.480 e. The molecule has 2 aliphatic rings. The fraction of sp³-hybridized carbons (Fsp3) is 0.474. The molecule has 1 aliphatic carbocycles. The average Bonchev–Trinajstić information content (AvgIpc) is 2.80. The number of carbonyl (C=O) groups excluding carboxylic acids is 3. The molecule has 1 atom stereocenters. The molecule has 1 unspecified atom stereocenters. The monoisotopic (exact) mass is 373 g/mol. The van der Waals surface area contributed by atoms with Crippen LogP contribution >= 0.6 is 0 Å². The summed E-state index contributed by atoms with van der Waals surface area (Å²) in [4.78, 5) is 48.3. The zero-order valence-corrected chi connectivity index (χ0v) is 15.1. The Morgan fingerprint density at radius 3 is 2.33 bits per heavy atom. The van der Waals surface area contributed by atoms with Crippen LogP contribution in [0.5, 0.6) is 0 Å². The molecule has 1 heterocycles. The lowest BCUT2D eigenvalue weighted by atomic mass is 9.88. The van der Waals surface area contributed by atoms with Gasteiger partial charge in [0.1, 0.15) is 11.1 Å². The number of imide groups is 1. The van der Waals surface area contributed by atoms with Gasteiger partial charge in [-0.2, -0.15) is 0 Å². The van der Waals surface area contributed by atoms with Crippen LogP contribution in [0, 0.1) is 0 Å². The molecule has 0 spiro atoms. The Bertz CT molecular complexity index is 798. The van der Waals surface area contributed by atoms with Crippen LogP contribution in [0.15, 0.2) is 24.3 Å². The molecule has 4 amide bonds. The van der Waals surface area contributed by atoms with E-state index in [9.17, 15) is 24.3 Å². The van der Waals surface area contributed by atoms with Crippen molar-refractivity contribution in [2.75, 3.05) is 0 Å². The number of nitrogens with one attached hydrogen (secondary N) is 3. The van der Waals surface area contributed by atoms with Crippen molar-refractivity contribution in [3.05, 3.63) is 35.4 Å². The highest BCUT2D eigenvalue weighted by Crippen LogP contribution is 2.29. The lowest BCUT2D eigenvalue weighted by molar-refractivity contribution is -0.145. The lowest BCUT2D eigenvalue weighted by Crippen LogP contribution is -2.54. The molecule has 144 valence electrons. The summed E-state index contributed by atoms with van der Waals surface area (Å²) in [7, 11) is 0. The van der Waals surface area contributed by atoms with Gasteiger partial charge >= 0.3 is 12.0 Å². The summed E-state index contributed by atoms with van der Waals surface area (Å²) in [5, 5.41) is 17.2. The lowest BCUT2D eigenvalue weighted by Gasteiger charge is -2.29. The van der Waals surface area contributed by atoms with Gasteiger partial charge in [-0.15, -0.1) is 0 Å². The number of hydrogen-bond donors (Lipinski definition) is 4. The second-order valence-electron chi connectivity index (χ2n) is 7.37. The second kappa shape index (κ2) is 7.02. The minimum absolute atomic E-state index is 0.243. The van der Waals surface area contributed by atoms with Crippen molar-refractivity contribution in [3.8, 4) is 0 Å². The van der Waals surface area contributed by atoms with E-state index in [-0.39, 0.29) is 5.56 Å². The predicted octanol–water partition coefficient (Wildman–Crippen LogP) is 1.65. The third-order valence-electron chi connectivity index (χ3n) is 5.47. The molecule has 0 radical (unpaired) electrons. The van der Waals surface area contributed by atoms with Crippen molar-refractivity contribution in [2.45, 2.75) is 56.5 Å². The van der Waals surface area contributed by atoms with Crippen LogP contribution in [0.25, 0.3) is 0 Å². The van der Waals surface area contributed by atoms with Gasteiger partial charge in [-0.1, -0.05) is 37.8 Å². The Morgan fingerprint density at radius 1 is 1.11 bits per heavy atom. The Labute approximate surface area is 156 Å². The molecular weight excluding hydrogens is 350 g/mol. The van der Waals surface area contributed by atoms with E-state index in [1.54, 1.807) is 25.1 Å². The molecule has 3 rings (SSSR count). The van der Waals surface area contributed by atoms with Crippen LogP contribution in [-0.4, -0.2) is 34.5 Å². The molecule has 4 N–H and O–H groups in total. The van der Waals surface area contributed by atoms with Crippen molar-refractivity contribution in [1.29, 1.82) is 0 Å². The van der Waals surface area contributed by atoms with Gasteiger partial charge in [0.05, 0.1) is 0 Å². The summed E-state index contributed by atoms with van der Waals surface area (Å²) in [5.74, 6) is -2.03. The van der Waals surface area contributed by atoms with E-state index in [0.29, 0.717) is 18.4 Å². The number of urea groups is 1. The van der Waals surface area contributed by atoms with Crippen LogP contribution < -0.4 is 16.0 Å². The van der Waals surface area contributed by atoms with E-state index in [4.69, 9.17) is 0 Å². The molecule has 27 heavy (non-hydrogen) atoms. The van der Waals surface area contributed by atoms with E-state index in [1.807, 2.05) is 0 Å². The Hall–Kier alpha value is -2.90. The molecule has 1 aliphatic heterocycles. The van der Waals surface area contributed by atoms with E-state index in [1.165, 1.54) is 6.07 Å². The Morgan fingerprint density at radius 2 is 1.78 bits per heavy atom. The maximum absolute atomic E-state index is 12.8. The second-order valence-corrected chi connectivity index (χ2v) is 7.37. The van der Waals surface area contributed by atoms with Gasteiger partial charge in [0.2, 0.25) is 0 Å². The number of carboxylic acid groups (broad SMARTS) is 1. The van der Waals surface area contributed by atoms with E-state index < -0.39 is 34.9 Å². The number of amides is 4. The summed E-state index contributed by atoms with van der Waals surface area (Å²) in [6.45, 7) is 1.55. The minimum Gasteiger partial charge on any atom is -0.480 e. The van der Waals surface area contributed by atoms with Crippen LogP contribution in [0.1, 0.15) is 61.4 Å². The first-order valence-corrected chi connectivity index (χ1v) is 9.07. The van der Waals surface area contributed by atoms with Gasteiger partial charge < -0.3 is 15.7 Å². The summed E-state index contributed by atoms with van der Waals surface area (Å²) >= 11 is 0. The summed E-state index contributed by atoms with van der Waals surface area (Å²) < 4.78 is 0. The van der Waals surface area contributed by atoms with Gasteiger partial charge in [0.15, 0.2) is 0 Å². The van der Waals surface area contributed by atoms with E-state index >= 15 is 0 Å². The van der Waals surface area contributed by atoms with Crippen molar-refractivity contribution >= 4 is 23.8 Å². The third kappa shape index (κ3) is 3.51. The van der Waals surface area contributed by atoms with Crippen molar-refractivity contribution < 1.29 is 24.3 Å². The molecule has 1 aromatic rings. The molecule has 1 saturated carbocycles. The van der Waals surface area contributed by atoms with Crippen LogP contribution in [-0.2, 0) is 15.1 Å². The van der Waals surface area contributed by atoms with E-state index in [0.717, 1.165) is 25.7 Å². The Balaban J connectivity index is 1.86. The predicted molar refractivity (Wildman–Crippen MR) is 96.0 cm³/mol. The van der Waals surface area contributed by atoms with Gasteiger partial charge in [0.25, 0.3) is 11.8 Å². The summed E-state index contributed by atoms with van der Waals surface area (Å²) in [6.07, 6.45) is 4.18. The average molecular weight is 373 g/mol. The topological polar surface area (TPSA) is 125 Å². The van der Waals surface area contributed by atoms with Crippen molar-refractivity contribution in [3.63, 3.8) is 0 Å². The first kappa shape index (κ1) is 18.9. The molecule has 0 aromatic heterocycles. The quantitative estimate of drug-likeness (QED) is 0.472. The number of aliphatic carboxylic acids is 1.